The first-order valence-electron chi connectivity index (χ1n) is 6.52. The van der Waals surface area contributed by atoms with Crippen LogP contribution in [0, 0.1) is 0 Å². The summed E-state index contributed by atoms with van der Waals surface area (Å²) in [6.45, 7) is -1.21. The lowest BCUT2D eigenvalue weighted by molar-refractivity contribution is -0.132. The Morgan fingerprint density at radius 3 is 2.45 bits per heavy atom. The Morgan fingerprint density at radius 2 is 1.91 bits per heavy atom. The summed E-state index contributed by atoms with van der Waals surface area (Å²) in [4.78, 5) is 25.2. The van der Waals surface area contributed by atoms with Crippen LogP contribution in [0.5, 0.6) is 5.75 Å². The summed E-state index contributed by atoms with van der Waals surface area (Å²) in [7, 11) is 1.44. The van der Waals surface area contributed by atoms with Crippen LogP contribution in [0.4, 0.5) is 13.6 Å². The molecule has 1 atom stereocenters. The highest BCUT2D eigenvalue weighted by Gasteiger charge is 2.47. The van der Waals surface area contributed by atoms with Crippen LogP contribution < -0.4 is 10.1 Å². The summed E-state index contributed by atoms with van der Waals surface area (Å²) >= 11 is 0. The molecule has 120 valence electrons. The smallest absolute Gasteiger partial charge is 0.387 e. The van der Waals surface area contributed by atoms with E-state index in [2.05, 4.69) is 10.1 Å². The molecule has 1 aliphatic heterocycles. The van der Waals surface area contributed by atoms with E-state index in [9.17, 15) is 18.4 Å². The molecule has 0 aromatic heterocycles. The number of nitrogens with one attached hydrogen (secondary N) is 1. The molecular weight excluding hydrogens is 298 g/mol. The van der Waals surface area contributed by atoms with Crippen LogP contribution in [0.2, 0.25) is 0 Å². The Morgan fingerprint density at radius 1 is 1.27 bits per heavy atom. The third-order valence-electron chi connectivity index (χ3n) is 3.27. The van der Waals surface area contributed by atoms with Crippen molar-refractivity contribution < 1.29 is 27.8 Å². The molecule has 1 aliphatic rings. The summed E-state index contributed by atoms with van der Waals surface area (Å²) in [5.41, 5.74) is -0.475. The second-order valence-corrected chi connectivity index (χ2v) is 5.11. The van der Waals surface area contributed by atoms with Gasteiger partial charge in [0.2, 0.25) is 0 Å². The van der Waals surface area contributed by atoms with E-state index in [0.29, 0.717) is 5.56 Å². The minimum atomic E-state index is -2.90. The molecule has 0 spiro atoms. The maximum absolute atomic E-state index is 12.3. The molecule has 0 bridgehead atoms. The topological polar surface area (TPSA) is 67.9 Å². The van der Waals surface area contributed by atoms with Gasteiger partial charge in [-0.2, -0.15) is 8.78 Å². The van der Waals surface area contributed by atoms with Gasteiger partial charge in [0.25, 0.3) is 5.91 Å². The van der Waals surface area contributed by atoms with Gasteiger partial charge >= 0.3 is 12.6 Å². The van der Waals surface area contributed by atoms with E-state index in [1.807, 2.05) is 0 Å². The molecule has 2 rings (SSSR count). The van der Waals surface area contributed by atoms with Crippen molar-refractivity contribution in [1.82, 2.24) is 10.2 Å². The second-order valence-electron chi connectivity index (χ2n) is 5.11. The molecule has 0 radical (unpaired) electrons. The molecule has 1 fully saturated rings. The van der Waals surface area contributed by atoms with Crippen molar-refractivity contribution in [3.63, 3.8) is 0 Å². The van der Waals surface area contributed by atoms with Crippen molar-refractivity contribution in [3.05, 3.63) is 29.8 Å². The zero-order valence-corrected chi connectivity index (χ0v) is 12.1. The third kappa shape index (κ3) is 3.33. The first kappa shape index (κ1) is 16.2. The molecule has 1 aromatic carbocycles. The van der Waals surface area contributed by atoms with Crippen LogP contribution in [0.3, 0.4) is 0 Å². The molecule has 0 unspecified atom stereocenters. The summed E-state index contributed by atoms with van der Waals surface area (Å²) in [6.07, 6.45) is 0. The largest absolute Gasteiger partial charge is 0.435 e. The van der Waals surface area contributed by atoms with Crippen molar-refractivity contribution in [2.75, 3.05) is 13.7 Å². The van der Waals surface area contributed by atoms with Gasteiger partial charge in [-0.1, -0.05) is 12.1 Å². The van der Waals surface area contributed by atoms with E-state index in [-0.39, 0.29) is 18.9 Å². The molecule has 1 heterocycles. The molecule has 8 heteroatoms. The molecular formula is C14H16F2N2O4. The van der Waals surface area contributed by atoms with Crippen LogP contribution in [0.25, 0.3) is 0 Å². The summed E-state index contributed by atoms with van der Waals surface area (Å²) < 4.78 is 33.3. The van der Waals surface area contributed by atoms with E-state index in [4.69, 9.17) is 4.74 Å². The molecule has 0 aliphatic carbocycles. The molecule has 3 amide bonds. The van der Waals surface area contributed by atoms with Gasteiger partial charge in [-0.3, -0.25) is 9.69 Å². The van der Waals surface area contributed by atoms with Gasteiger partial charge in [0.15, 0.2) is 0 Å². The average Bonchev–Trinajstić information content (AvgIpc) is 2.64. The van der Waals surface area contributed by atoms with Gasteiger partial charge < -0.3 is 14.8 Å². The Balaban J connectivity index is 2.07. The number of hydrogen-bond acceptors (Lipinski definition) is 4. The van der Waals surface area contributed by atoms with Gasteiger partial charge in [0.1, 0.15) is 11.3 Å². The predicted octanol–water partition coefficient (Wildman–Crippen LogP) is 1.74. The number of halogens is 2. The number of amides is 3. The van der Waals surface area contributed by atoms with E-state index in [0.717, 1.165) is 4.90 Å². The van der Waals surface area contributed by atoms with Crippen LogP contribution in [-0.2, 0) is 16.1 Å². The number of imide groups is 1. The van der Waals surface area contributed by atoms with Crippen molar-refractivity contribution in [2.24, 2.45) is 0 Å². The van der Waals surface area contributed by atoms with Crippen molar-refractivity contribution >= 4 is 11.9 Å². The Labute approximate surface area is 126 Å². The number of carbonyl (C=O) groups is 2. The first-order valence-corrected chi connectivity index (χ1v) is 6.52. The molecule has 22 heavy (non-hydrogen) atoms. The molecule has 1 aromatic rings. The number of urea groups is 1. The summed E-state index contributed by atoms with van der Waals surface area (Å²) in [5.74, 6) is -0.382. The number of alkyl halides is 2. The number of rotatable bonds is 6. The fourth-order valence-corrected chi connectivity index (χ4v) is 2.24. The first-order chi connectivity index (χ1) is 10.4. The zero-order valence-electron chi connectivity index (χ0n) is 12.1. The van der Waals surface area contributed by atoms with Crippen LogP contribution >= 0.6 is 0 Å². The Hall–Kier alpha value is -2.22. The van der Waals surface area contributed by atoms with E-state index in [1.165, 1.54) is 31.4 Å². The minimum Gasteiger partial charge on any atom is -0.435 e. The lowest BCUT2D eigenvalue weighted by Gasteiger charge is -2.20. The van der Waals surface area contributed by atoms with E-state index < -0.39 is 24.1 Å². The number of ether oxygens (including phenoxy) is 2. The summed E-state index contributed by atoms with van der Waals surface area (Å²) in [6, 6.07) is 5.23. The highest BCUT2D eigenvalue weighted by atomic mass is 19.3. The minimum absolute atomic E-state index is 0.0140. The van der Waals surface area contributed by atoms with Crippen molar-refractivity contribution in [2.45, 2.75) is 25.6 Å². The lowest BCUT2D eigenvalue weighted by Crippen LogP contribution is -2.47. The van der Waals surface area contributed by atoms with Gasteiger partial charge in [-0.25, -0.2) is 4.79 Å². The highest BCUT2D eigenvalue weighted by molar-refractivity contribution is 6.06. The summed E-state index contributed by atoms with van der Waals surface area (Å²) in [5, 5.41) is 2.58. The van der Waals surface area contributed by atoms with Crippen LogP contribution in [0.15, 0.2) is 24.3 Å². The van der Waals surface area contributed by atoms with Gasteiger partial charge in [0.05, 0.1) is 13.2 Å². The predicted molar refractivity (Wildman–Crippen MR) is 72.4 cm³/mol. The van der Waals surface area contributed by atoms with Gasteiger partial charge in [-0.05, 0) is 24.6 Å². The zero-order chi connectivity index (χ0) is 16.3. The maximum atomic E-state index is 12.3. The van der Waals surface area contributed by atoms with E-state index in [1.54, 1.807) is 6.92 Å². The maximum Gasteiger partial charge on any atom is 0.387 e. The fourth-order valence-electron chi connectivity index (χ4n) is 2.24. The third-order valence-corrected chi connectivity index (χ3v) is 3.27. The highest BCUT2D eigenvalue weighted by Crippen LogP contribution is 2.21. The Kier molecular flexibility index (Phi) is 4.60. The fraction of sp³-hybridized carbons (Fsp3) is 0.429. The molecule has 0 saturated carbocycles. The Bertz CT molecular complexity index is 564. The molecule has 6 nitrogen and oxygen atoms in total. The monoisotopic (exact) mass is 314 g/mol. The van der Waals surface area contributed by atoms with Crippen molar-refractivity contribution in [3.8, 4) is 5.75 Å². The number of nitrogens with zero attached hydrogens (tertiary/aromatic N) is 1. The lowest BCUT2D eigenvalue weighted by atomic mass is 10.0. The molecule has 1 saturated heterocycles. The van der Waals surface area contributed by atoms with Crippen LogP contribution in [-0.4, -0.2) is 42.7 Å². The normalized spacial score (nSPS) is 21.4. The number of benzene rings is 1. The number of methoxy groups -OCH3 is 1. The van der Waals surface area contributed by atoms with Crippen LogP contribution in [0.1, 0.15) is 12.5 Å². The average molecular weight is 314 g/mol. The second kappa shape index (κ2) is 6.27. The molecule has 1 N–H and O–H groups in total. The van der Waals surface area contributed by atoms with Gasteiger partial charge in [-0.15, -0.1) is 0 Å². The van der Waals surface area contributed by atoms with E-state index >= 15 is 0 Å². The SMILES string of the molecule is COC[C@]1(C)NC(=O)N(Cc2ccc(OC(F)F)cc2)C1=O. The quantitative estimate of drug-likeness (QED) is 0.812. The number of carbonyl (C=O) groups excluding carboxylic acids is 2. The van der Waals surface area contributed by atoms with Crippen molar-refractivity contribution in [1.29, 1.82) is 0 Å². The standard InChI is InChI=1S/C14H16F2N2O4/c1-14(8-21-2)11(19)18(13(20)17-14)7-9-3-5-10(6-4-9)22-12(15)16/h3-6,12H,7-8H2,1-2H3,(H,17,20)/t14-/m0/s1. The van der Waals surface area contributed by atoms with Gasteiger partial charge in [0, 0.05) is 7.11 Å². The number of hydrogen-bond donors (Lipinski definition) is 1.